The third kappa shape index (κ3) is 2.86. The van der Waals surface area contributed by atoms with E-state index in [4.69, 9.17) is 5.10 Å². The molecule has 0 spiro atoms. The van der Waals surface area contributed by atoms with Gasteiger partial charge in [0.25, 0.3) is 0 Å². The van der Waals surface area contributed by atoms with Crippen molar-refractivity contribution < 1.29 is 5.11 Å². The van der Waals surface area contributed by atoms with Gasteiger partial charge in [-0.15, -0.1) is 0 Å². The van der Waals surface area contributed by atoms with Crippen molar-refractivity contribution in [1.82, 2.24) is 9.78 Å². The summed E-state index contributed by atoms with van der Waals surface area (Å²) in [5.74, 6) is 0.511. The maximum absolute atomic E-state index is 10.7. The SMILES string of the molecule is CCC(O)(Cc1ccn(C2CCCCC2)n1)C1CC1. The zero-order valence-electron chi connectivity index (χ0n) is 12.0. The van der Waals surface area contributed by atoms with Gasteiger partial charge >= 0.3 is 0 Å². The van der Waals surface area contributed by atoms with E-state index in [1.54, 1.807) is 0 Å². The molecule has 1 atom stereocenters. The fourth-order valence-corrected chi connectivity index (χ4v) is 3.51. The van der Waals surface area contributed by atoms with Crippen LogP contribution in [0.5, 0.6) is 0 Å². The normalized spacial score (nSPS) is 24.3. The highest BCUT2D eigenvalue weighted by Crippen LogP contribution is 2.43. The second-order valence-corrected chi connectivity index (χ2v) is 6.49. The largest absolute Gasteiger partial charge is 0.389 e. The minimum absolute atomic E-state index is 0.508. The van der Waals surface area contributed by atoms with Crippen LogP contribution in [0.25, 0.3) is 0 Å². The summed E-state index contributed by atoms with van der Waals surface area (Å²) in [5.41, 5.74) is 0.563. The predicted molar refractivity (Wildman–Crippen MR) is 76.0 cm³/mol. The molecule has 106 valence electrons. The lowest BCUT2D eigenvalue weighted by Gasteiger charge is -2.26. The lowest BCUT2D eigenvalue weighted by molar-refractivity contribution is 0.0128. The van der Waals surface area contributed by atoms with Crippen molar-refractivity contribution in [2.75, 3.05) is 0 Å². The van der Waals surface area contributed by atoms with Crippen molar-refractivity contribution in [3.8, 4) is 0 Å². The number of nitrogens with zero attached hydrogens (tertiary/aromatic N) is 2. The van der Waals surface area contributed by atoms with Gasteiger partial charge in [-0.05, 0) is 44.1 Å². The molecule has 0 amide bonds. The highest BCUT2D eigenvalue weighted by atomic mass is 16.3. The molecule has 0 bridgehead atoms. The summed E-state index contributed by atoms with van der Waals surface area (Å²) in [6, 6.07) is 2.70. The van der Waals surface area contributed by atoms with Gasteiger partial charge in [0.2, 0.25) is 0 Å². The summed E-state index contributed by atoms with van der Waals surface area (Å²) < 4.78 is 2.15. The molecule has 19 heavy (non-hydrogen) atoms. The predicted octanol–water partition coefficient (Wildman–Crippen LogP) is 3.48. The summed E-state index contributed by atoms with van der Waals surface area (Å²) in [6.45, 7) is 2.09. The molecule has 1 heterocycles. The first-order valence-corrected chi connectivity index (χ1v) is 7.98. The van der Waals surface area contributed by atoms with Crippen molar-refractivity contribution in [2.45, 2.75) is 76.4 Å². The van der Waals surface area contributed by atoms with Gasteiger partial charge in [0.05, 0.1) is 17.3 Å². The van der Waals surface area contributed by atoms with Gasteiger partial charge < -0.3 is 5.11 Å². The quantitative estimate of drug-likeness (QED) is 0.882. The van der Waals surface area contributed by atoms with E-state index in [0.717, 1.165) is 18.5 Å². The maximum atomic E-state index is 10.7. The number of hydrogen-bond acceptors (Lipinski definition) is 2. The molecule has 0 radical (unpaired) electrons. The van der Waals surface area contributed by atoms with Crippen LogP contribution < -0.4 is 0 Å². The highest BCUT2D eigenvalue weighted by molar-refractivity contribution is 5.08. The van der Waals surface area contributed by atoms with Gasteiger partial charge in [0.1, 0.15) is 0 Å². The zero-order valence-corrected chi connectivity index (χ0v) is 12.0. The fourth-order valence-electron chi connectivity index (χ4n) is 3.51. The molecule has 1 aromatic rings. The summed E-state index contributed by atoms with van der Waals surface area (Å²) in [4.78, 5) is 0. The number of aliphatic hydroxyl groups is 1. The third-order valence-electron chi connectivity index (χ3n) is 5.05. The van der Waals surface area contributed by atoms with Crippen LogP contribution in [0.4, 0.5) is 0 Å². The minimum atomic E-state index is -0.508. The summed E-state index contributed by atoms with van der Waals surface area (Å²) in [7, 11) is 0. The van der Waals surface area contributed by atoms with Crippen LogP contribution >= 0.6 is 0 Å². The Balaban J connectivity index is 1.67. The Morgan fingerprint density at radius 2 is 2.00 bits per heavy atom. The minimum Gasteiger partial charge on any atom is -0.389 e. The molecule has 2 aliphatic carbocycles. The lowest BCUT2D eigenvalue weighted by atomic mass is 9.89. The fraction of sp³-hybridized carbons (Fsp3) is 0.812. The molecule has 1 aromatic heterocycles. The number of hydrogen-bond donors (Lipinski definition) is 1. The first-order chi connectivity index (χ1) is 9.21. The van der Waals surface area contributed by atoms with Crippen LogP contribution in [0.1, 0.15) is 70.0 Å². The molecule has 0 aromatic carbocycles. The molecule has 1 N–H and O–H groups in total. The van der Waals surface area contributed by atoms with Crippen molar-refractivity contribution in [1.29, 1.82) is 0 Å². The van der Waals surface area contributed by atoms with Gasteiger partial charge in [-0.3, -0.25) is 4.68 Å². The third-order valence-corrected chi connectivity index (χ3v) is 5.05. The maximum Gasteiger partial charge on any atom is 0.0729 e. The molecule has 2 aliphatic rings. The van der Waals surface area contributed by atoms with E-state index < -0.39 is 5.60 Å². The molecule has 2 fully saturated rings. The van der Waals surface area contributed by atoms with Crippen molar-refractivity contribution in [2.24, 2.45) is 5.92 Å². The van der Waals surface area contributed by atoms with Gasteiger partial charge in [0, 0.05) is 12.6 Å². The Labute approximate surface area is 116 Å². The van der Waals surface area contributed by atoms with Gasteiger partial charge in [0.15, 0.2) is 0 Å². The van der Waals surface area contributed by atoms with Crippen LogP contribution in [0.2, 0.25) is 0 Å². The standard InChI is InChI=1S/C16H26N2O/c1-2-16(19,13-8-9-13)12-14-10-11-18(17-14)15-6-4-3-5-7-15/h10-11,13,15,19H,2-9,12H2,1H3. The highest BCUT2D eigenvalue weighted by Gasteiger charge is 2.42. The topological polar surface area (TPSA) is 38.0 Å². The zero-order chi connectivity index (χ0) is 13.3. The Bertz CT molecular complexity index is 418. The summed E-state index contributed by atoms with van der Waals surface area (Å²) >= 11 is 0. The molecule has 0 aliphatic heterocycles. The van der Waals surface area contributed by atoms with Crippen LogP contribution in [-0.2, 0) is 6.42 Å². The van der Waals surface area contributed by atoms with Gasteiger partial charge in [-0.25, -0.2) is 0 Å². The average molecular weight is 262 g/mol. The van der Waals surface area contributed by atoms with Gasteiger partial charge in [-0.2, -0.15) is 5.10 Å². The van der Waals surface area contributed by atoms with E-state index in [0.29, 0.717) is 12.0 Å². The molecular formula is C16H26N2O. The van der Waals surface area contributed by atoms with Crippen LogP contribution in [-0.4, -0.2) is 20.5 Å². The van der Waals surface area contributed by atoms with E-state index in [9.17, 15) is 5.11 Å². The first kappa shape index (κ1) is 13.2. The van der Waals surface area contributed by atoms with E-state index in [1.165, 1.54) is 44.9 Å². The molecule has 3 nitrogen and oxygen atoms in total. The molecule has 3 rings (SSSR count). The Morgan fingerprint density at radius 3 is 2.63 bits per heavy atom. The second kappa shape index (κ2) is 5.28. The van der Waals surface area contributed by atoms with Crippen molar-refractivity contribution in [3.05, 3.63) is 18.0 Å². The Kier molecular flexibility index (Phi) is 3.66. The average Bonchev–Trinajstić information content (AvgIpc) is 3.21. The smallest absolute Gasteiger partial charge is 0.0729 e. The molecule has 0 saturated heterocycles. The second-order valence-electron chi connectivity index (χ2n) is 6.49. The molecular weight excluding hydrogens is 236 g/mol. The number of rotatable bonds is 5. The van der Waals surface area contributed by atoms with Crippen LogP contribution in [0.3, 0.4) is 0 Å². The summed E-state index contributed by atoms with van der Waals surface area (Å²) in [6.07, 6.45) is 12.6. The van der Waals surface area contributed by atoms with Crippen molar-refractivity contribution >= 4 is 0 Å². The van der Waals surface area contributed by atoms with E-state index in [1.807, 2.05) is 0 Å². The molecule has 1 unspecified atom stereocenters. The van der Waals surface area contributed by atoms with Crippen molar-refractivity contribution in [3.63, 3.8) is 0 Å². The molecule has 2 saturated carbocycles. The monoisotopic (exact) mass is 262 g/mol. The molecule has 3 heteroatoms. The van der Waals surface area contributed by atoms with E-state index in [-0.39, 0.29) is 0 Å². The van der Waals surface area contributed by atoms with E-state index in [2.05, 4.69) is 23.9 Å². The van der Waals surface area contributed by atoms with Crippen LogP contribution in [0, 0.1) is 5.92 Å². The van der Waals surface area contributed by atoms with Gasteiger partial charge in [-0.1, -0.05) is 26.2 Å². The van der Waals surface area contributed by atoms with Crippen LogP contribution in [0.15, 0.2) is 12.3 Å². The number of aromatic nitrogens is 2. The van der Waals surface area contributed by atoms with E-state index >= 15 is 0 Å². The summed E-state index contributed by atoms with van der Waals surface area (Å²) in [5, 5.41) is 15.4. The Morgan fingerprint density at radius 1 is 1.26 bits per heavy atom. The first-order valence-electron chi connectivity index (χ1n) is 7.98. The Hall–Kier alpha value is -0.830. The lowest BCUT2D eigenvalue weighted by Crippen LogP contribution is -2.33.